The van der Waals surface area contributed by atoms with Crippen LogP contribution in [0, 0.1) is 0 Å². The van der Waals surface area contributed by atoms with Crippen LogP contribution in [0.2, 0.25) is 0 Å². The molecule has 5 nitrogen and oxygen atoms in total. The zero-order valence-electron chi connectivity index (χ0n) is 8.93. The molecule has 0 N–H and O–H groups in total. The molecule has 0 fully saturated rings. The Morgan fingerprint density at radius 1 is 1.62 bits per heavy atom. The Hall–Kier alpha value is -1.36. The second-order valence-electron chi connectivity index (χ2n) is 3.37. The topological polar surface area (TPSA) is 61.2 Å². The van der Waals surface area contributed by atoms with E-state index in [1.165, 1.54) is 6.20 Å². The van der Waals surface area contributed by atoms with E-state index in [1.807, 2.05) is 0 Å². The lowest BCUT2D eigenvalue weighted by molar-refractivity contribution is 0.0523. The zero-order chi connectivity index (χ0) is 10.8. The number of halogens is 1. The van der Waals surface area contributed by atoms with E-state index < -0.39 is 5.97 Å². The summed E-state index contributed by atoms with van der Waals surface area (Å²) < 4.78 is 6.32. The maximum Gasteiger partial charge on any atom is 0.345 e. The molecule has 88 valence electrons. The normalized spacial score (nSPS) is 12.8. The number of aryl methyl sites for hydroxylation is 1. The van der Waals surface area contributed by atoms with E-state index in [9.17, 15) is 9.59 Å². The van der Waals surface area contributed by atoms with Gasteiger partial charge in [0.15, 0.2) is 0 Å². The lowest BCUT2D eigenvalue weighted by Crippen LogP contribution is -2.27. The first-order valence-electron chi connectivity index (χ1n) is 5.00. The van der Waals surface area contributed by atoms with Gasteiger partial charge in [-0.1, -0.05) is 0 Å². The molecule has 1 aromatic heterocycles. The Balaban J connectivity index is 0.00000128. The van der Waals surface area contributed by atoms with Gasteiger partial charge in [0.05, 0.1) is 6.61 Å². The quantitative estimate of drug-likeness (QED) is 0.722. The molecule has 0 aliphatic carbocycles. The fraction of sp³-hybridized carbons (Fsp3) is 0.500. The first-order valence-corrected chi connectivity index (χ1v) is 5.00. The van der Waals surface area contributed by atoms with Crippen LogP contribution in [-0.2, 0) is 17.7 Å². The maximum absolute atomic E-state index is 11.8. The van der Waals surface area contributed by atoms with Crippen molar-refractivity contribution in [2.45, 2.75) is 26.3 Å². The molecule has 6 heteroatoms. The highest BCUT2D eigenvalue weighted by molar-refractivity contribution is 5.88. The van der Waals surface area contributed by atoms with Gasteiger partial charge in [0.1, 0.15) is 11.4 Å². The van der Waals surface area contributed by atoms with E-state index in [1.54, 1.807) is 11.5 Å². The van der Waals surface area contributed by atoms with Crippen LogP contribution in [0.25, 0.3) is 0 Å². The van der Waals surface area contributed by atoms with Gasteiger partial charge in [-0.15, -0.1) is 12.4 Å². The van der Waals surface area contributed by atoms with Crippen molar-refractivity contribution in [1.82, 2.24) is 9.55 Å². The minimum absolute atomic E-state index is 0. The van der Waals surface area contributed by atoms with Gasteiger partial charge in [-0.05, 0) is 13.3 Å². The number of nitrogens with zero attached hydrogens (tertiary/aromatic N) is 2. The van der Waals surface area contributed by atoms with Crippen LogP contribution in [-0.4, -0.2) is 22.1 Å². The second-order valence-corrected chi connectivity index (χ2v) is 3.37. The molecule has 1 aliphatic heterocycles. The molecule has 0 atom stereocenters. The van der Waals surface area contributed by atoms with Gasteiger partial charge in [0.2, 0.25) is 0 Å². The summed E-state index contributed by atoms with van der Waals surface area (Å²) in [5, 5.41) is 0. The molecule has 16 heavy (non-hydrogen) atoms. The van der Waals surface area contributed by atoms with Crippen molar-refractivity contribution >= 4 is 18.4 Å². The predicted octanol–water partition coefficient (Wildman–Crippen LogP) is 0.788. The Kier molecular flexibility index (Phi) is 4.06. The molecule has 0 saturated heterocycles. The molecule has 2 heterocycles. The third-order valence-electron chi connectivity index (χ3n) is 2.41. The average molecular weight is 245 g/mol. The first-order chi connectivity index (χ1) is 7.24. The van der Waals surface area contributed by atoms with E-state index in [2.05, 4.69) is 4.98 Å². The number of esters is 1. The summed E-state index contributed by atoms with van der Waals surface area (Å²) in [6.45, 7) is 2.62. The molecule has 0 radical (unpaired) electrons. The largest absolute Gasteiger partial charge is 0.462 e. The van der Waals surface area contributed by atoms with Crippen LogP contribution in [0.5, 0.6) is 0 Å². The Morgan fingerprint density at radius 3 is 3.06 bits per heavy atom. The minimum atomic E-state index is -0.586. The third kappa shape index (κ3) is 2.09. The van der Waals surface area contributed by atoms with Crippen molar-refractivity contribution in [1.29, 1.82) is 0 Å². The van der Waals surface area contributed by atoms with Crippen LogP contribution in [0.3, 0.4) is 0 Å². The molecule has 1 aromatic rings. The summed E-state index contributed by atoms with van der Waals surface area (Å²) >= 11 is 0. The second kappa shape index (κ2) is 5.12. The number of carbonyl (C=O) groups is 1. The van der Waals surface area contributed by atoms with Crippen LogP contribution in [0.15, 0.2) is 11.0 Å². The van der Waals surface area contributed by atoms with E-state index in [0.29, 0.717) is 6.54 Å². The Morgan fingerprint density at radius 2 is 2.38 bits per heavy atom. The van der Waals surface area contributed by atoms with Gasteiger partial charge in [-0.2, -0.15) is 0 Å². The number of aromatic nitrogens is 2. The molecule has 0 bridgehead atoms. The number of ether oxygens (including phenoxy) is 1. The lowest BCUT2D eigenvalue weighted by Gasteiger charge is -2.04. The van der Waals surface area contributed by atoms with Crippen LogP contribution < -0.4 is 5.56 Å². The van der Waals surface area contributed by atoms with Gasteiger partial charge >= 0.3 is 5.97 Å². The van der Waals surface area contributed by atoms with Gasteiger partial charge in [0, 0.05) is 19.2 Å². The predicted molar refractivity (Wildman–Crippen MR) is 60.0 cm³/mol. The molecule has 0 amide bonds. The average Bonchev–Trinajstić information content (AvgIpc) is 2.67. The molecule has 0 aromatic carbocycles. The third-order valence-corrected chi connectivity index (χ3v) is 2.41. The van der Waals surface area contributed by atoms with Crippen LogP contribution in [0.4, 0.5) is 0 Å². The lowest BCUT2D eigenvalue weighted by atomic mass is 10.3. The monoisotopic (exact) mass is 244 g/mol. The molecule has 0 spiro atoms. The number of hydrogen-bond acceptors (Lipinski definition) is 4. The fourth-order valence-electron chi connectivity index (χ4n) is 1.70. The zero-order valence-corrected chi connectivity index (χ0v) is 9.75. The molecule has 2 rings (SSSR count). The Labute approximate surface area is 98.9 Å². The van der Waals surface area contributed by atoms with E-state index >= 15 is 0 Å². The molecular formula is C10H13ClN2O3. The summed E-state index contributed by atoms with van der Waals surface area (Å²) in [4.78, 5) is 27.3. The van der Waals surface area contributed by atoms with Crippen molar-refractivity contribution in [2.75, 3.05) is 6.61 Å². The SMILES string of the molecule is CCOC(=O)c1cnc2n(c1=O)CCC2.Cl. The standard InChI is InChI=1S/C10H12N2O3.ClH/c1-2-15-10(14)7-6-11-8-4-3-5-12(8)9(7)13;/h6H,2-5H2,1H3;1H. The van der Waals surface area contributed by atoms with Crippen molar-refractivity contribution in [3.05, 3.63) is 27.9 Å². The molecule has 0 saturated carbocycles. The highest BCUT2D eigenvalue weighted by Crippen LogP contribution is 2.08. The van der Waals surface area contributed by atoms with Gasteiger partial charge < -0.3 is 4.74 Å². The number of carbonyl (C=O) groups excluding carboxylic acids is 1. The minimum Gasteiger partial charge on any atom is -0.462 e. The van der Waals surface area contributed by atoms with Crippen molar-refractivity contribution < 1.29 is 9.53 Å². The van der Waals surface area contributed by atoms with Crippen molar-refractivity contribution in [2.24, 2.45) is 0 Å². The highest BCUT2D eigenvalue weighted by Gasteiger charge is 2.19. The fourth-order valence-corrected chi connectivity index (χ4v) is 1.70. The van der Waals surface area contributed by atoms with Gasteiger partial charge in [-0.25, -0.2) is 9.78 Å². The van der Waals surface area contributed by atoms with Crippen LogP contribution >= 0.6 is 12.4 Å². The number of fused-ring (bicyclic) bond motifs is 1. The van der Waals surface area contributed by atoms with Crippen molar-refractivity contribution in [3.8, 4) is 0 Å². The smallest absolute Gasteiger partial charge is 0.345 e. The summed E-state index contributed by atoms with van der Waals surface area (Å²) in [6, 6.07) is 0. The molecular weight excluding hydrogens is 232 g/mol. The van der Waals surface area contributed by atoms with Gasteiger partial charge in [-0.3, -0.25) is 9.36 Å². The molecule has 0 unspecified atom stereocenters. The Bertz CT molecular complexity index is 456. The summed E-state index contributed by atoms with van der Waals surface area (Å²) in [5.41, 5.74) is -0.251. The number of hydrogen-bond donors (Lipinski definition) is 0. The first kappa shape index (κ1) is 12.7. The van der Waals surface area contributed by atoms with E-state index in [-0.39, 0.29) is 30.1 Å². The van der Waals surface area contributed by atoms with Crippen molar-refractivity contribution in [3.63, 3.8) is 0 Å². The van der Waals surface area contributed by atoms with E-state index in [0.717, 1.165) is 18.7 Å². The van der Waals surface area contributed by atoms with Crippen LogP contribution in [0.1, 0.15) is 29.5 Å². The maximum atomic E-state index is 11.8. The molecule has 1 aliphatic rings. The van der Waals surface area contributed by atoms with E-state index in [4.69, 9.17) is 4.74 Å². The summed E-state index contributed by atoms with van der Waals surface area (Å²) in [7, 11) is 0. The number of rotatable bonds is 2. The summed E-state index contributed by atoms with van der Waals surface area (Å²) in [5.74, 6) is 0.172. The van der Waals surface area contributed by atoms with Gasteiger partial charge in [0.25, 0.3) is 5.56 Å². The summed E-state index contributed by atoms with van der Waals surface area (Å²) in [6.07, 6.45) is 3.03. The highest BCUT2D eigenvalue weighted by atomic mass is 35.5.